The summed E-state index contributed by atoms with van der Waals surface area (Å²) in [4.78, 5) is 40.6. The fourth-order valence-electron chi connectivity index (χ4n) is 2.82. The Balaban J connectivity index is 1.99. The number of carbonyl (C=O) groups excluding carboxylic acids is 2. The lowest BCUT2D eigenvalue weighted by atomic mass is 10.1. The van der Waals surface area contributed by atoms with Gasteiger partial charge in [-0.2, -0.15) is 0 Å². The summed E-state index contributed by atoms with van der Waals surface area (Å²) in [6.45, 7) is 1.70. The number of fused-ring (bicyclic) bond motifs is 1. The quantitative estimate of drug-likeness (QED) is 0.467. The van der Waals surface area contributed by atoms with Crippen molar-refractivity contribution in [2.45, 2.75) is 18.1 Å². The molecule has 0 aliphatic carbocycles. The monoisotopic (exact) mass is 396 g/mol. The van der Waals surface area contributed by atoms with Crippen LogP contribution in [0.1, 0.15) is 18.5 Å². The number of para-hydroxylation sites is 1. The first-order valence-corrected chi connectivity index (χ1v) is 9.70. The summed E-state index contributed by atoms with van der Waals surface area (Å²) >= 11 is 1.15. The Hall–Kier alpha value is -3.13. The summed E-state index contributed by atoms with van der Waals surface area (Å²) in [6, 6.07) is 16.5. The molecule has 1 atom stereocenters. The van der Waals surface area contributed by atoms with Gasteiger partial charge in [0.25, 0.3) is 5.56 Å². The lowest BCUT2D eigenvalue weighted by molar-refractivity contribution is -0.123. The van der Waals surface area contributed by atoms with Gasteiger partial charge in [0.1, 0.15) is 0 Å². The number of hydrogen-bond acceptors (Lipinski definition) is 5. The van der Waals surface area contributed by atoms with Gasteiger partial charge in [-0.15, -0.1) is 0 Å². The second-order valence-corrected chi connectivity index (χ2v) is 7.15. The first-order chi connectivity index (χ1) is 13.5. The third-order valence-electron chi connectivity index (χ3n) is 4.24. The van der Waals surface area contributed by atoms with Crippen LogP contribution >= 0.6 is 11.8 Å². The molecule has 0 aliphatic heterocycles. The number of nitrogens with zero attached hydrogens (tertiary/aromatic N) is 2. The van der Waals surface area contributed by atoms with Gasteiger partial charge >= 0.3 is 0 Å². The number of hydrogen-bond donors (Lipinski definition) is 2. The molecule has 0 spiro atoms. The van der Waals surface area contributed by atoms with Gasteiger partial charge in [0.05, 0.1) is 29.2 Å². The normalized spacial score (nSPS) is 11.9. The maximum atomic E-state index is 13.2. The van der Waals surface area contributed by atoms with E-state index in [2.05, 4.69) is 10.3 Å². The minimum Gasteiger partial charge on any atom is -0.368 e. The highest BCUT2D eigenvalue weighted by Crippen LogP contribution is 2.24. The van der Waals surface area contributed by atoms with Crippen molar-refractivity contribution in [2.24, 2.45) is 5.73 Å². The standard InChI is InChI=1S/C20H20N4O3S/c1-13(14-7-3-2-4-8-14)24-19(27)15-9-5-6-10-16(15)23-20(24)28-12-18(26)22-11-17(21)25/h2-10,13H,11-12H2,1H3,(H2,21,25)(H,22,26)/t13-/m1/s1. The number of benzene rings is 2. The van der Waals surface area contributed by atoms with Gasteiger partial charge < -0.3 is 11.1 Å². The Kier molecular flexibility index (Phi) is 6.10. The smallest absolute Gasteiger partial charge is 0.262 e. The number of rotatable bonds is 7. The van der Waals surface area contributed by atoms with E-state index in [1.54, 1.807) is 22.8 Å². The van der Waals surface area contributed by atoms with Crippen LogP contribution in [0.25, 0.3) is 10.9 Å². The number of nitrogens with two attached hydrogens (primary N) is 1. The van der Waals surface area contributed by atoms with E-state index < -0.39 is 5.91 Å². The molecule has 144 valence electrons. The van der Waals surface area contributed by atoms with E-state index in [-0.39, 0.29) is 29.8 Å². The molecule has 8 heteroatoms. The maximum absolute atomic E-state index is 13.2. The molecular weight excluding hydrogens is 376 g/mol. The average molecular weight is 396 g/mol. The predicted molar refractivity (Wildman–Crippen MR) is 109 cm³/mol. The van der Waals surface area contributed by atoms with Crippen LogP contribution in [-0.4, -0.2) is 33.7 Å². The highest BCUT2D eigenvalue weighted by Gasteiger charge is 2.18. The molecule has 3 N–H and O–H groups in total. The van der Waals surface area contributed by atoms with Crippen molar-refractivity contribution in [3.63, 3.8) is 0 Å². The van der Waals surface area contributed by atoms with E-state index >= 15 is 0 Å². The first-order valence-electron chi connectivity index (χ1n) is 8.71. The van der Waals surface area contributed by atoms with Crippen LogP contribution in [-0.2, 0) is 9.59 Å². The molecule has 1 heterocycles. The molecule has 3 rings (SSSR count). The number of thioether (sulfide) groups is 1. The van der Waals surface area contributed by atoms with Gasteiger partial charge in [-0.3, -0.25) is 19.0 Å². The van der Waals surface area contributed by atoms with Crippen LogP contribution in [0.3, 0.4) is 0 Å². The Morgan fingerprint density at radius 1 is 1.14 bits per heavy atom. The zero-order valence-corrected chi connectivity index (χ0v) is 16.1. The minimum absolute atomic E-state index is 0.0135. The zero-order chi connectivity index (χ0) is 20.1. The average Bonchev–Trinajstić information content (AvgIpc) is 2.71. The molecule has 0 fully saturated rings. The predicted octanol–water partition coefficient (Wildman–Crippen LogP) is 1.70. The molecule has 0 radical (unpaired) electrons. The lowest BCUT2D eigenvalue weighted by Crippen LogP contribution is -2.34. The van der Waals surface area contributed by atoms with E-state index in [0.29, 0.717) is 16.1 Å². The van der Waals surface area contributed by atoms with Crippen molar-refractivity contribution in [2.75, 3.05) is 12.3 Å². The topological polar surface area (TPSA) is 107 Å². The van der Waals surface area contributed by atoms with Gasteiger partial charge in [0.15, 0.2) is 5.16 Å². The first kappa shape index (κ1) is 19.6. The van der Waals surface area contributed by atoms with E-state index in [9.17, 15) is 14.4 Å². The zero-order valence-electron chi connectivity index (χ0n) is 15.3. The summed E-state index contributed by atoms with van der Waals surface area (Å²) < 4.78 is 1.60. The molecule has 28 heavy (non-hydrogen) atoms. The fourth-order valence-corrected chi connectivity index (χ4v) is 3.72. The molecule has 0 saturated heterocycles. The van der Waals surface area contributed by atoms with Gasteiger partial charge in [-0.25, -0.2) is 4.98 Å². The van der Waals surface area contributed by atoms with Crippen LogP contribution in [0.2, 0.25) is 0 Å². The van der Waals surface area contributed by atoms with E-state index in [1.807, 2.05) is 43.3 Å². The van der Waals surface area contributed by atoms with Crippen LogP contribution in [0.15, 0.2) is 64.5 Å². The number of aromatic nitrogens is 2. The van der Waals surface area contributed by atoms with Gasteiger partial charge in [-0.1, -0.05) is 54.2 Å². The molecule has 2 aromatic carbocycles. The number of nitrogens with one attached hydrogen (secondary N) is 1. The lowest BCUT2D eigenvalue weighted by Gasteiger charge is -2.20. The van der Waals surface area contributed by atoms with E-state index in [0.717, 1.165) is 17.3 Å². The van der Waals surface area contributed by atoms with Crippen LogP contribution in [0.4, 0.5) is 0 Å². The third-order valence-corrected chi connectivity index (χ3v) is 5.19. The summed E-state index contributed by atoms with van der Waals surface area (Å²) in [7, 11) is 0. The third kappa shape index (κ3) is 4.40. The number of amides is 2. The minimum atomic E-state index is -0.614. The van der Waals surface area contributed by atoms with Gasteiger partial charge in [0, 0.05) is 0 Å². The van der Waals surface area contributed by atoms with E-state index in [1.165, 1.54) is 0 Å². The van der Waals surface area contributed by atoms with Crippen LogP contribution < -0.4 is 16.6 Å². The fraction of sp³-hybridized carbons (Fsp3) is 0.200. The van der Waals surface area contributed by atoms with Crippen molar-refractivity contribution >= 4 is 34.5 Å². The summed E-state index contributed by atoms with van der Waals surface area (Å²) in [5.74, 6) is -0.957. The molecule has 0 unspecified atom stereocenters. The molecule has 0 bridgehead atoms. The molecule has 1 aromatic heterocycles. The number of primary amides is 1. The molecule has 0 aliphatic rings. The van der Waals surface area contributed by atoms with Crippen molar-refractivity contribution in [1.82, 2.24) is 14.9 Å². The van der Waals surface area contributed by atoms with Crippen molar-refractivity contribution in [1.29, 1.82) is 0 Å². The Labute approximate surface area is 166 Å². The summed E-state index contributed by atoms with van der Waals surface area (Å²) in [5.41, 5.74) is 6.41. The SMILES string of the molecule is C[C@H](c1ccccc1)n1c(SCC(=O)NCC(N)=O)nc2ccccc2c1=O. The maximum Gasteiger partial charge on any atom is 0.262 e. The Morgan fingerprint density at radius 3 is 2.54 bits per heavy atom. The van der Waals surface area contributed by atoms with Crippen LogP contribution in [0.5, 0.6) is 0 Å². The summed E-state index contributed by atoms with van der Waals surface area (Å²) in [5, 5.41) is 3.40. The van der Waals surface area contributed by atoms with Crippen molar-refractivity contribution in [3.05, 3.63) is 70.5 Å². The second-order valence-electron chi connectivity index (χ2n) is 6.21. The molecule has 3 aromatic rings. The number of carbonyl (C=O) groups is 2. The largest absolute Gasteiger partial charge is 0.368 e. The second kappa shape index (κ2) is 8.71. The molecule has 7 nitrogen and oxygen atoms in total. The Morgan fingerprint density at radius 2 is 1.82 bits per heavy atom. The van der Waals surface area contributed by atoms with E-state index in [4.69, 9.17) is 5.73 Å². The van der Waals surface area contributed by atoms with Crippen molar-refractivity contribution < 1.29 is 9.59 Å². The van der Waals surface area contributed by atoms with Crippen LogP contribution in [0, 0.1) is 0 Å². The summed E-state index contributed by atoms with van der Waals surface area (Å²) in [6.07, 6.45) is 0. The Bertz CT molecular complexity index is 1070. The molecular formula is C20H20N4O3S. The van der Waals surface area contributed by atoms with Gasteiger partial charge in [0.2, 0.25) is 11.8 Å². The van der Waals surface area contributed by atoms with Gasteiger partial charge in [-0.05, 0) is 24.6 Å². The highest BCUT2D eigenvalue weighted by atomic mass is 32.2. The molecule has 0 saturated carbocycles. The highest BCUT2D eigenvalue weighted by molar-refractivity contribution is 7.99. The molecule has 2 amide bonds. The van der Waals surface area contributed by atoms with Crippen molar-refractivity contribution in [3.8, 4) is 0 Å².